The van der Waals surface area contributed by atoms with Crippen molar-refractivity contribution in [2.45, 2.75) is 6.54 Å². The van der Waals surface area contributed by atoms with Crippen molar-refractivity contribution in [1.29, 1.82) is 0 Å². The molecule has 0 aromatic carbocycles. The second kappa shape index (κ2) is 4.01. The second-order valence-electron chi connectivity index (χ2n) is 2.61. The Kier molecular flexibility index (Phi) is 2.55. The third kappa shape index (κ3) is 2.17. The van der Waals surface area contributed by atoms with Crippen LogP contribution in [0.1, 0.15) is 5.69 Å². The standard InChI is InChI=1S/C8H8N4OS/c13-7-2-1-6(9-4-7)3-10-8-12-11-5-14-8/h1-2,4-5,13H,3H2,(H,10,12). The van der Waals surface area contributed by atoms with E-state index in [2.05, 4.69) is 20.5 Å². The summed E-state index contributed by atoms with van der Waals surface area (Å²) in [7, 11) is 0. The maximum atomic E-state index is 9.01. The molecule has 0 spiro atoms. The van der Waals surface area contributed by atoms with Crippen molar-refractivity contribution in [2.24, 2.45) is 0 Å². The topological polar surface area (TPSA) is 70.9 Å². The van der Waals surface area contributed by atoms with Crippen molar-refractivity contribution in [2.75, 3.05) is 5.32 Å². The zero-order valence-electron chi connectivity index (χ0n) is 7.21. The van der Waals surface area contributed by atoms with Crippen molar-refractivity contribution in [1.82, 2.24) is 15.2 Å². The maximum absolute atomic E-state index is 9.01. The first-order valence-corrected chi connectivity index (χ1v) is 4.86. The first-order chi connectivity index (χ1) is 6.84. The van der Waals surface area contributed by atoms with E-state index < -0.39 is 0 Å². The minimum Gasteiger partial charge on any atom is -0.506 e. The van der Waals surface area contributed by atoms with E-state index in [1.807, 2.05) is 0 Å². The number of rotatable bonds is 3. The fraction of sp³-hybridized carbons (Fsp3) is 0.125. The molecule has 72 valence electrons. The molecule has 2 aromatic heterocycles. The zero-order chi connectivity index (χ0) is 9.80. The van der Waals surface area contributed by atoms with Gasteiger partial charge in [0.2, 0.25) is 5.13 Å². The first-order valence-electron chi connectivity index (χ1n) is 3.98. The summed E-state index contributed by atoms with van der Waals surface area (Å²) in [6.45, 7) is 0.579. The lowest BCUT2D eigenvalue weighted by molar-refractivity contribution is 0.472. The highest BCUT2D eigenvalue weighted by molar-refractivity contribution is 7.13. The van der Waals surface area contributed by atoms with Crippen molar-refractivity contribution in [3.8, 4) is 5.75 Å². The molecule has 0 saturated heterocycles. The van der Waals surface area contributed by atoms with E-state index in [1.54, 1.807) is 17.6 Å². The molecule has 0 bridgehead atoms. The highest BCUT2D eigenvalue weighted by Crippen LogP contribution is 2.10. The molecule has 6 heteroatoms. The van der Waals surface area contributed by atoms with Gasteiger partial charge in [-0.05, 0) is 12.1 Å². The summed E-state index contributed by atoms with van der Waals surface area (Å²) in [6, 6.07) is 3.35. The summed E-state index contributed by atoms with van der Waals surface area (Å²) in [5.41, 5.74) is 2.50. The Hall–Kier alpha value is -1.69. The van der Waals surface area contributed by atoms with Gasteiger partial charge in [-0.2, -0.15) is 0 Å². The Morgan fingerprint density at radius 1 is 1.43 bits per heavy atom. The Morgan fingerprint density at radius 3 is 3.00 bits per heavy atom. The predicted octanol–water partition coefficient (Wildman–Crippen LogP) is 1.25. The summed E-state index contributed by atoms with van der Waals surface area (Å²) in [4.78, 5) is 4.02. The molecule has 14 heavy (non-hydrogen) atoms. The van der Waals surface area contributed by atoms with Crippen LogP contribution in [0.15, 0.2) is 23.8 Å². The smallest absolute Gasteiger partial charge is 0.205 e. The zero-order valence-corrected chi connectivity index (χ0v) is 8.03. The number of pyridine rings is 1. The van der Waals surface area contributed by atoms with Gasteiger partial charge in [0.05, 0.1) is 18.4 Å². The van der Waals surface area contributed by atoms with Gasteiger partial charge in [0.25, 0.3) is 0 Å². The molecule has 0 aliphatic rings. The average Bonchev–Trinajstić information content (AvgIpc) is 2.70. The van der Waals surface area contributed by atoms with E-state index in [9.17, 15) is 0 Å². The van der Waals surface area contributed by atoms with Crippen molar-refractivity contribution in [3.63, 3.8) is 0 Å². The Bertz CT molecular complexity index is 386. The first kappa shape index (κ1) is 8.89. The molecule has 2 aromatic rings. The van der Waals surface area contributed by atoms with Crippen molar-refractivity contribution < 1.29 is 5.11 Å². The van der Waals surface area contributed by atoms with Crippen LogP contribution in [0.5, 0.6) is 5.75 Å². The third-order valence-corrected chi connectivity index (χ3v) is 2.24. The van der Waals surface area contributed by atoms with Crippen LogP contribution in [-0.2, 0) is 6.54 Å². The van der Waals surface area contributed by atoms with Gasteiger partial charge in [-0.3, -0.25) is 4.98 Å². The van der Waals surface area contributed by atoms with E-state index in [0.29, 0.717) is 6.54 Å². The largest absolute Gasteiger partial charge is 0.506 e. The molecule has 5 nitrogen and oxygen atoms in total. The van der Waals surface area contributed by atoms with E-state index in [4.69, 9.17) is 5.11 Å². The van der Waals surface area contributed by atoms with Gasteiger partial charge in [0.15, 0.2) is 0 Å². The molecule has 0 fully saturated rings. The predicted molar refractivity (Wildman–Crippen MR) is 53.1 cm³/mol. The summed E-state index contributed by atoms with van der Waals surface area (Å²) in [5, 5.41) is 20.4. The summed E-state index contributed by atoms with van der Waals surface area (Å²) in [5.74, 6) is 0.171. The van der Waals surface area contributed by atoms with Crippen LogP contribution in [0.3, 0.4) is 0 Å². The SMILES string of the molecule is Oc1ccc(CNc2nncs2)nc1. The number of aromatic nitrogens is 3. The number of hydrogen-bond donors (Lipinski definition) is 2. The van der Waals surface area contributed by atoms with Gasteiger partial charge in [0, 0.05) is 0 Å². The molecular formula is C8H8N4OS. The van der Waals surface area contributed by atoms with E-state index in [0.717, 1.165) is 10.8 Å². The van der Waals surface area contributed by atoms with E-state index >= 15 is 0 Å². The number of nitrogens with one attached hydrogen (secondary N) is 1. The van der Waals surface area contributed by atoms with Crippen LogP contribution in [0.25, 0.3) is 0 Å². The minimum atomic E-state index is 0.171. The van der Waals surface area contributed by atoms with Crippen LogP contribution in [0.4, 0.5) is 5.13 Å². The molecule has 0 amide bonds. The molecule has 0 saturated carbocycles. The average molecular weight is 208 g/mol. The van der Waals surface area contributed by atoms with Crippen molar-refractivity contribution >= 4 is 16.5 Å². The second-order valence-corrected chi connectivity index (χ2v) is 3.44. The molecule has 2 rings (SSSR count). The lowest BCUT2D eigenvalue weighted by Crippen LogP contribution is -2.00. The summed E-state index contributed by atoms with van der Waals surface area (Å²) >= 11 is 1.43. The quantitative estimate of drug-likeness (QED) is 0.794. The van der Waals surface area contributed by atoms with Gasteiger partial charge in [0.1, 0.15) is 11.3 Å². The molecular weight excluding hydrogens is 200 g/mol. The molecule has 0 radical (unpaired) electrons. The Labute approximate surface area is 84.5 Å². The molecule has 0 atom stereocenters. The number of hydrogen-bond acceptors (Lipinski definition) is 6. The van der Waals surface area contributed by atoms with E-state index in [1.165, 1.54) is 17.5 Å². The maximum Gasteiger partial charge on any atom is 0.205 e. The molecule has 2 heterocycles. The molecule has 0 aliphatic heterocycles. The fourth-order valence-electron chi connectivity index (χ4n) is 0.938. The fourth-order valence-corrected chi connectivity index (χ4v) is 1.38. The molecule has 0 unspecified atom stereocenters. The van der Waals surface area contributed by atoms with Gasteiger partial charge in [-0.25, -0.2) is 0 Å². The van der Waals surface area contributed by atoms with Crippen LogP contribution in [0.2, 0.25) is 0 Å². The van der Waals surface area contributed by atoms with Crippen LogP contribution >= 0.6 is 11.3 Å². The lowest BCUT2D eigenvalue weighted by atomic mass is 10.3. The highest BCUT2D eigenvalue weighted by Gasteiger charge is 1.97. The normalized spacial score (nSPS) is 10.0. The van der Waals surface area contributed by atoms with Crippen molar-refractivity contribution in [3.05, 3.63) is 29.5 Å². The third-order valence-electron chi connectivity index (χ3n) is 1.59. The van der Waals surface area contributed by atoms with Gasteiger partial charge >= 0.3 is 0 Å². The van der Waals surface area contributed by atoms with Gasteiger partial charge in [-0.15, -0.1) is 10.2 Å². The highest BCUT2D eigenvalue weighted by atomic mass is 32.1. The number of nitrogens with zero attached hydrogens (tertiary/aromatic N) is 3. The Balaban J connectivity index is 1.95. The van der Waals surface area contributed by atoms with Gasteiger partial charge < -0.3 is 10.4 Å². The van der Waals surface area contributed by atoms with Crippen LogP contribution < -0.4 is 5.32 Å². The monoisotopic (exact) mass is 208 g/mol. The van der Waals surface area contributed by atoms with Crippen LogP contribution in [0, 0.1) is 0 Å². The summed E-state index contributed by atoms with van der Waals surface area (Å²) < 4.78 is 0. The van der Waals surface area contributed by atoms with Gasteiger partial charge in [-0.1, -0.05) is 11.3 Å². The number of anilines is 1. The van der Waals surface area contributed by atoms with E-state index in [-0.39, 0.29) is 5.75 Å². The molecule has 2 N–H and O–H groups in total. The molecule has 0 aliphatic carbocycles. The lowest BCUT2D eigenvalue weighted by Gasteiger charge is -2.00. The van der Waals surface area contributed by atoms with Crippen LogP contribution in [-0.4, -0.2) is 20.3 Å². The summed E-state index contributed by atoms with van der Waals surface area (Å²) in [6.07, 6.45) is 1.41. The Morgan fingerprint density at radius 2 is 2.36 bits per heavy atom. The number of aromatic hydroxyl groups is 1. The minimum absolute atomic E-state index is 0.171.